The predicted molar refractivity (Wildman–Crippen MR) is 111 cm³/mol. The van der Waals surface area contributed by atoms with Crippen LogP contribution in [0.5, 0.6) is 0 Å². The minimum Gasteiger partial charge on any atom is -0.481 e. The lowest BCUT2D eigenvalue weighted by atomic mass is 9.75. The van der Waals surface area contributed by atoms with Crippen LogP contribution in [0.4, 0.5) is 0 Å². The van der Waals surface area contributed by atoms with E-state index >= 15 is 0 Å². The first-order chi connectivity index (χ1) is 14.0. The smallest absolute Gasteiger partial charge is 0.330 e. The molecular weight excluding hydrogens is 392 g/mol. The van der Waals surface area contributed by atoms with Crippen molar-refractivity contribution in [1.82, 2.24) is 0 Å². The van der Waals surface area contributed by atoms with Gasteiger partial charge in [0.2, 0.25) is 0 Å². The molecule has 174 valence electrons. The third kappa shape index (κ3) is 6.77. The van der Waals surface area contributed by atoms with Crippen LogP contribution in [0.1, 0.15) is 66.7 Å². The molecule has 0 unspecified atom stereocenters. The highest BCUT2D eigenvalue weighted by atomic mass is 16.6. The summed E-state index contributed by atoms with van der Waals surface area (Å²) in [6.07, 6.45) is 2.35. The van der Waals surface area contributed by atoms with E-state index in [-0.39, 0.29) is 0 Å². The molecule has 1 saturated heterocycles. The van der Waals surface area contributed by atoms with E-state index < -0.39 is 59.9 Å². The van der Waals surface area contributed by atoms with Crippen LogP contribution in [0.3, 0.4) is 0 Å². The molecule has 30 heavy (non-hydrogen) atoms. The molecule has 1 aliphatic heterocycles. The fraction of sp³-hybridized carbons (Fsp3) is 0.818. The zero-order chi connectivity index (χ0) is 23.1. The molecule has 1 rings (SSSR count). The van der Waals surface area contributed by atoms with E-state index in [2.05, 4.69) is 6.92 Å². The Morgan fingerprint density at radius 1 is 1.20 bits per heavy atom. The van der Waals surface area contributed by atoms with Gasteiger partial charge in [0.25, 0.3) is 0 Å². The summed E-state index contributed by atoms with van der Waals surface area (Å²) in [6, 6.07) is 0. The van der Waals surface area contributed by atoms with Crippen molar-refractivity contribution in [3.63, 3.8) is 0 Å². The summed E-state index contributed by atoms with van der Waals surface area (Å²) in [7, 11) is 0. The van der Waals surface area contributed by atoms with E-state index in [1.54, 1.807) is 13.8 Å². The van der Waals surface area contributed by atoms with Crippen molar-refractivity contribution in [2.45, 2.75) is 103 Å². The second-order valence-electron chi connectivity index (χ2n) is 8.56. The number of aliphatic carboxylic acids is 1. The number of esters is 1. The Balaban J connectivity index is 2.72. The number of carboxylic acid groups (broad SMARTS) is 1. The summed E-state index contributed by atoms with van der Waals surface area (Å²) in [6.45, 7) is 8.21. The zero-order valence-corrected chi connectivity index (χ0v) is 18.7. The number of hydrogen-bond donors (Lipinski definition) is 4. The van der Waals surface area contributed by atoms with Crippen LogP contribution in [0, 0.1) is 11.8 Å². The first-order valence-corrected chi connectivity index (χ1v) is 10.8. The maximum atomic E-state index is 12.2. The third-order valence-electron chi connectivity index (χ3n) is 6.02. The van der Waals surface area contributed by atoms with Gasteiger partial charge < -0.3 is 29.9 Å². The van der Waals surface area contributed by atoms with Gasteiger partial charge in [-0.15, -0.1) is 0 Å². The van der Waals surface area contributed by atoms with Crippen LogP contribution in [-0.4, -0.2) is 68.5 Å². The minimum atomic E-state index is -1.52. The highest BCUT2D eigenvalue weighted by Gasteiger charge is 2.55. The van der Waals surface area contributed by atoms with Crippen LogP contribution in [0.25, 0.3) is 0 Å². The fourth-order valence-electron chi connectivity index (χ4n) is 3.99. The SMILES string of the molecule is CCCCCC[C@H](O)/C=C/C(=O)O[C@@H]1[C@@H](C)[C@H](O)[C@@](C)([C@@H](O)[C@@H](C)C(=O)O)O[C@H]1C. The summed E-state index contributed by atoms with van der Waals surface area (Å²) in [5.74, 6) is -3.62. The van der Waals surface area contributed by atoms with Crippen molar-refractivity contribution in [2.75, 3.05) is 0 Å². The molecule has 0 aromatic carbocycles. The topological polar surface area (TPSA) is 134 Å². The van der Waals surface area contributed by atoms with E-state index in [4.69, 9.17) is 9.47 Å². The lowest BCUT2D eigenvalue weighted by molar-refractivity contribution is -0.276. The highest BCUT2D eigenvalue weighted by molar-refractivity contribution is 5.82. The molecule has 0 spiro atoms. The Bertz CT molecular complexity index is 592. The number of ether oxygens (including phenoxy) is 2. The van der Waals surface area contributed by atoms with Gasteiger partial charge in [0.05, 0.1) is 30.3 Å². The van der Waals surface area contributed by atoms with Crippen LogP contribution in [0.2, 0.25) is 0 Å². The second-order valence-corrected chi connectivity index (χ2v) is 8.56. The Labute approximate surface area is 178 Å². The number of aliphatic hydroxyl groups is 3. The molecule has 0 amide bonds. The Hall–Kier alpha value is -1.48. The molecule has 0 bridgehead atoms. The molecular formula is C22H38O8. The molecule has 0 radical (unpaired) electrons. The predicted octanol–water partition coefficient (Wildman–Crippen LogP) is 2.04. The average molecular weight is 431 g/mol. The Morgan fingerprint density at radius 3 is 2.40 bits per heavy atom. The Kier molecular flexibility index (Phi) is 10.4. The van der Waals surface area contributed by atoms with E-state index in [0.717, 1.165) is 25.7 Å². The molecule has 1 aliphatic rings. The van der Waals surface area contributed by atoms with Gasteiger partial charge in [-0.3, -0.25) is 4.79 Å². The number of hydrogen-bond acceptors (Lipinski definition) is 7. The standard InChI is InChI=1S/C22H38O8/c1-6-7-8-9-10-16(23)11-12-17(24)29-18-13(2)19(25)22(5,30-15(18)4)20(26)14(3)21(27)28/h11-16,18-20,23,25-26H,6-10H2,1-5H3,(H,27,28)/b12-11+/t13-,14-,15+,16+,18-,19+,20+,22+/m1/s1. The van der Waals surface area contributed by atoms with E-state index in [0.29, 0.717) is 6.42 Å². The van der Waals surface area contributed by atoms with Crippen LogP contribution >= 0.6 is 0 Å². The monoisotopic (exact) mass is 430 g/mol. The van der Waals surface area contributed by atoms with Gasteiger partial charge in [-0.05, 0) is 33.3 Å². The molecule has 8 nitrogen and oxygen atoms in total. The summed E-state index contributed by atoms with van der Waals surface area (Å²) in [5, 5.41) is 40.3. The molecule has 0 aromatic heterocycles. The summed E-state index contributed by atoms with van der Waals surface area (Å²) in [4.78, 5) is 23.4. The van der Waals surface area contributed by atoms with Gasteiger partial charge in [-0.1, -0.05) is 39.5 Å². The molecule has 1 fully saturated rings. The first kappa shape index (κ1) is 26.6. The van der Waals surface area contributed by atoms with Gasteiger partial charge in [-0.2, -0.15) is 0 Å². The minimum absolute atomic E-state index is 0.569. The van der Waals surface area contributed by atoms with Gasteiger partial charge in [0.15, 0.2) is 0 Å². The molecule has 4 N–H and O–H groups in total. The van der Waals surface area contributed by atoms with Gasteiger partial charge in [0.1, 0.15) is 11.7 Å². The molecule has 0 aromatic rings. The van der Waals surface area contributed by atoms with Crippen molar-refractivity contribution in [3.05, 3.63) is 12.2 Å². The van der Waals surface area contributed by atoms with Crippen molar-refractivity contribution < 1.29 is 39.5 Å². The number of carbonyl (C=O) groups excluding carboxylic acids is 1. The van der Waals surface area contributed by atoms with Crippen molar-refractivity contribution in [1.29, 1.82) is 0 Å². The lowest BCUT2D eigenvalue weighted by Gasteiger charge is -2.50. The normalized spacial score (nSPS) is 32.5. The first-order valence-electron chi connectivity index (χ1n) is 10.8. The third-order valence-corrected chi connectivity index (χ3v) is 6.02. The number of rotatable bonds is 11. The lowest BCUT2D eigenvalue weighted by Crippen LogP contribution is -2.65. The number of carboxylic acids is 1. The van der Waals surface area contributed by atoms with Gasteiger partial charge in [-0.25, -0.2) is 4.79 Å². The molecule has 0 aliphatic carbocycles. The molecule has 8 heteroatoms. The molecule has 1 heterocycles. The van der Waals surface area contributed by atoms with Crippen molar-refractivity contribution >= 4 is 11.9 Å². The van der Waals surface area contributed by atoms with Crippen LogP contribution in [-0.2, 0) is 19.1 Å². The van der Waals surface area contributed by atoms with Gasteiger partial charge >= 0.3 is 11.9 Å². The summed E-state index contributed by atoms with van der Waals surface area (Å²) < 4.78 is 11.2. The van der Waals surface area contributed by atoms with Crippen LogP contribution in [0.15, 0.2) is 12.2 Å². The quantitative estimate of drug-likeness (QED) is 0.222. The molecule has 0 saturated carbocycles. The van der Waals surface area contributed by atoms with Crippen molar-refractivity contribution in [3.8, 4) is 0 Å². The summed E-state index contributed by atoms with van der Waals surface area (Å²) in [5.41, 5.74) is -1.52. The van der Waals surface area contributed by atoms with E-state index in [1.165, 1.54) is 26.0 Å². The number of unbranched alkanes of at least 4 members (excludes halogenated alkanes) is 3. The summed E-state index contributed by atoms with van der Waals surface area (Å²) >= 11 is 0. The van der Waals surface area contributed by atoms with Crippen LogP contribution < -0.4 is 0 Å². The maximum Gasteiger partial charge on any atom is 0.330 e. The van der Waals surface area contributed by atoms with E-state index in [1.807, 2.05) is 0 Å². The number of carbonyl (C=O) groups is 2. The maximum absolute atomic E-state index is 12.2. The van der Waals surface area contributed by atoms with E-state index in [9.17, 15) is 30.0 Å². The van der Waals surface area contributed by atoms with Gasteiger partial charge in [0, 0.05) is 12.0 Å². The van der Waals surface area contributed by atoms with Crippen molar-refractivity contribution in [2.24, 2.45) is 11.8 Å². The zero-order valence-electron chi connectivity index (χ0n) is 18.7. The molecule has 8 atom stereocenters. The Morgan fingerprint density at radius 2 is 1.83 bits per heavy atom. The number of aliphatic hydroxyl groups excluding tert-OH is 3. The average Bonchev–Trinajstić information content (AvgIpc) is 2.70. The highest BCUT2D eigenvalue weighted by Crippen LogP contribution is 2.39. The largest absolute Gasteiger partial charge is 0.481 e. The fourth-order valence-corrected chi connectivity index (χ4v) is 3.99. The second kappa shape index (κ2) is 11.8.